The minimum Gasteiger partial charge on any atom is -0.339 e. The third-order valence-electron chi connectivity index (χ3n) is 6.00. The van der Waals surface area contributed by atoms with E-state index in [2.05, 4.69) is 83.2 Å². The summed E-state index contributed by atoms with van der Waals surface area (Å²) in [5.41, 5.74) is 2.14. The van der Waals surface area contributed by atoms with Gasteiger partial charge in [0.25, 0.3) is 0 Å². The number of anilines is 1. The highest BCUT2D eigenvalue weighted by molar-refractivity contribution is 5.86. The number of hydrogen-bond donors (Lipinski definition) is 0. The van der Waals surface area contributed by atoms with Crippen molar-refractivity contribution in [2.24, 2.45) is 0 Å². The molecule has 0 spiro atoms. The largest absolute Gasteiger partial charge is 0.339 e. The van der Waals surface area contributed by atoms with Crippen LogP contribution in [0.3, 0.4) is 0 Å². The van der Waals surface area contributed by atoms with Gasteiger partial charge in [-0.1, -0.05) is 43.3 Å². The van der Waals surface area contributed by atoms with E-state index >= 15 is 0 Å². The fourth-order valence-corrected chi connectivity index (χ4v) is 4.32. The van der Waals surface area contributed by atoms with Gasteiger partial charge in [0.2, 0.25) is 5.95 Å². The Labute approximate surface area is 180 Å². The number of rotatable bonds is 8. The third kappa shape index (κ3) is 4.79. The molecule has 1 atom stereocenters. The maximum Gasteiger partial charge on any atom is 0.225 e. The summed E-state index contributed by atoms with van der Waals surface area (Å²) in [7, 11) is 4.30. The monoisotopic (exact) mass is 403 g/mol. The summed E-state index contributed by atoms with van der Waals surface area (Å²) in [6.45, 7) is 7.68. The Balaban J connectivity index is 1.49. The Morgan fingerprint density at radius 3 is 2.63 bits per heavy atom. The quantitative estimate of drug-likeness (QED) is 0.565. The number of nitrogens with zero attached hydrogens (tertiary/aromatic N) is 5. The van der Waals surface area contributed by atoms with Gasteiger partial charge in [0.15, 0.2) is 0 Å². The Morgan fingerprint density at radius 1 is 1.00 bits per heavy atom. The number of benzene rings is 2. The molecule has 1 aromatic heterocycles. The zero-order chi connectivity index (χ0) is 20.9. The minimum atomic E-state index is 0.581. The first-order chi connectivity index (χ1) is 14.6. The van der Waals surface area contributed by atoms with Crippen molar-refractivity contribution < 1.29 is 0 Å². The van der Waals surface area contributed by atoms with Crippen LogP contribution in [0.25, 0.3) is 22.0 Å². The van der Waals surface area contributed by atoms with Gasteiger partial charge in [0.05, 0.1) is 5.69 Å². The average Bonchev–Trinajstić information content (AvgIpc) is 3.26. The number of fused-ring (bicyclic) bond motifs is 1. The summed E-state index contributed by atoms with van der Waals surface area (Å²) in [4.78, 5) is 16.8. The molecule has 3 aromatic rings. The van der Waals surface area contributed by atoms with Crippen molar-refractivity contribution in [3.63, 3.8) is 0 Å². The van der Waals surface area contributed by atoms with Gasteiger partial charge in [-0.2, -0.15) is 0 Å². The molecule has 0 bridgehead atoms. The highest BCUT2D eigenvalue weighted by atomic mass is 15.3. The molecule has 30 heavy (non-hydrogen) atoms. The van der Waals surface area contributed by atoms with Crippen LogP contribution in [0.2, 0.25) is 0 Å². The van der Waals surface area contributed by atoms with Crippen LogP contribution < -0.4 is 4.90 Å². The number of hydrogen-bond acceptors (Lipinski definition) is 5. The summed E-state index contributed by atoms with van der Waals surface area (Å²) in [5, 5.41) is 2.50. The van der Waals surface area contributed by atoms with Crippen LogP contribution >= 0.6 is 0 Å². The van der Waals surface area contributed by atoms with Gasteiger partial charge in [-0.3, -0.25) is 4.90 Å². The van der Waals surface area contributed by atoms with E-state index in [0.29, 0.717) is 6.04 Å². The van der Waals surface area contributed by atoms with Crippen molar-refractivity contribution in [1.82, 2.24) is 19.8 Å². The minimum absolute atomic E-state index is 0.581. The zero-order valence-corrected chi connectivity index (χ0v) is 18.5. The summed E-state index contributed by atoms with van der Waals surface area (Å²) in [5.74, 6) is 0.854. The van der Waals surface area contributed by atoms with Gasteiger partial charge in [-0.05, 0) is 56.4 Å². The lowest BCUT2D eigenvalue weighted by atomic mass is 10.1. The van der Waals surface area contributed by atoms with Crippen LogP contribution in [-0.2, 0) is 0 Å². The van der Waals surface area contributed by atoms with Crippen molar-refractivity contribution >= 4 is 16.7 Å². The predicted molar refractivity (Wildman–Crippen MR) is 126 cm³/mol. The summed E-state index contributed by atoms with van der Waals surface area (Å²) < 4.78 is 0. The molecule has 1 aliphatic heterocycles. The van der Waals surface area contributed by atoms with E-state index in [0.717, 1.165) is 49.9 Å². The summed E-state index contributed by atoms with van der Waals surface area (Å²) >= 11 is 0. The molecule has 0 amide bonds. The molecule has 158 valence electrons. The van der Waals surface area contributed by atoms with Crippen LogP contribution in [0.1, 0.15) is 19.8 Å². The Hall–Kier alpha value is -2.50. The molecule has 4 rings (SSSR count). The second-order valence-corrected chi connectivity index (χ2v) is 8.53. The average molecular weight is 404 g/mol. The van der Waals surface area contributed by atoms with Gasteiger partial charge in [0.1, 0.15) is 0 Å². The Kier molecular flexibility index (Phi) is 6.60. The van der Waals surface area contributed by atoms with Crippen LogP contribution in [-0.4, -0.2) is 72.6 Å². The topological polar surface area (TPSA) is 35.5 Å². The highest BCUT2D eigenvalue weighted by Gasteiger charge is 2.28. The molecule has 0 saturated carbocycles. The molecule has 0 aliphatic carbocycles. The summed E-state index contributed by atoms with van der Waals surface area (Å²) in [6, 6.07) is 17.6. The predicted octanol–water partition coefficient (Wildman–Crippen LogP) is 4.15. The molecule has 0 radical (unpaired) electrons. The van der Waals surface area contributed by atoms with Crippen LogP contribution in [0, 0.1) is 0 Å². The smallest absolute Gasteiger partial charge is 0.225 e. The van der Waals surface area contributed by atoms with Gasteiger partial charge < -0.3 is 9.80 Å². The Morgan fingerprint density at radius 2 is 1.83 bits per heavy atom. The van der Waals surface area contributed by atoms with Gasteiger partial charge in [0, 0.05) is 44.0 Å². The van der Waals surface area contributed by atoms with Crippen molar-refractivity contribution in [2.45, 2.75) is 25.8 Å². The van der Waals surface area contributed by atoms with E-state index in [1.165, 1.54) is 23.6 Å². The lowest BCUT2D eigenvalue weighted by molar-refractivity contribution is 0.189. The zero-order valence-electron chi connectivity index (χ0n) is 18.5. The molecule has 0 unspecified atom stereocenters. The molecular weight excluding hydrogens is 370 g/mol. The highest BCUT2D eigenvalue weighted by Crippen LogP contribution is 2.26. The lowest BCUT2D eigenvalue weighted by Crippen LogP contribution is -2.42. The fourth-order valence-electron chi connectivity index (χ4n) is 4.32. The number of likely N-dealkylation sites (N-methyl/N-ethyl adjacent to an activating group) is 1. The van der Waals surface area contributed by atoms with Crippen molar-refractivity contribution in [2.75, 3.05) is 51.7 Å². The first-order valence-corrected chi connectivity index (χ1v) is 11.1. The second-order valence-electron chi connectivity index (χ2n) is 8.53. The van der Waals surface area contributed by atoms with Crippen LogP contribution in [0.5, 0.6) is 0 Å². The van der Waals surface area contributed by atoms with E-state index < -0.39 is 0 Å². The molecule has 2 aromatic carbocycles. The Bertz CT molecular complexity index is 970. The van der Waals surface area contributed by atoms with Gasteiger partial charge >= 0.3 is 0 Å². The van der Waals surface area contributed by atoms with Crippen molar-refractivity contribution in [1.29, 1.82) is 0 Å². The van der Waals surface area contributed by atoms with E-state index in [9.17, 15) is 0 Å². The van der Waals surface area contributed by atoms with E-state index in [1.54, 1.807) is 0 Å². The molecule has 2 heterocycles. The van der Waals surface area contributed by atoms with Gasteiger partial charge in [-0.15, -0.1) is 0 Å². The van der Waals surface area contributed by atoms with Crippen LogP contribution in [0.15, 0.2) is 54.7 Å². The fraction of sp³-hybridized carbons (Fsp3) is 0.440. The van der Waals surface area contributed by atoms with E-state index in [-0.39, 0.29) is 0 Å². The first kappa shape index (κ1) is 20.8. The molecular formula is C25H33N5. The van der Waals surface area contributed by atoms with Crippen molar-refractivity contribution in [3.8, 4) is 11.3 Å². The molecule has 1 aliphatic rings. The molecule has 0 N–H and O–H groups in total. The van der Waals surface area contributed by atoms with Gasteiger partial charge in [-0.25, -0.2) is 9.97 Å². The molecule has 5 nitrogen and oxygen atoms in total. The van der Waals surface area contributed by atoms with E-state index in [1.807, 2.05) is 12.3 Å². The van der Waals surface area contributed by atoms with E-state index in [4.69, 9.17) is 4.98 Å². The van der Waals surface area contributed by atoms with Crippen LogP contribution in [0.4, 0.5) is 5.95 Å². The SMILES string of the molecule is CCCN(CCN(C)C)[C@@H]1CCN(c2nccc(-c3ccc4ccccc4c3)n2)C1. The van der Waals surface area contributed by atoms with Crippen molar-refractivity contribution in [3.05, 3.63) is 54.7 Å². The lowest BCUT2D eigenvalue weighted by Gasteiger charge is -2.29. The number of aromatic nitrogens is 2. The maximum absolute atomic E-state index is 4.93. The first-order valence-electron chi connectivity index (χ1n) is 11.1. The normalized spacial score (nSPS) is 16.8. The maximum atomic E-state index is 4.93. The summed E-state index contributed by atoms with van der Waals surface area (Å²) in [6.07, 6.45) is 4.27. The second kappa shape index (κ2) is 9.54. The molecule has 1 saturated heterocycles. The third-order valence-corrected chi connectivity index (χ3v) is 6.00. The standard InChI is InChI=1S/C25H33N5/c1-4-14-29(17-16-28(2)3)23-12-15-30(19-23)25-26-13-11-24(27-25)22-10-9-20-7-5-6-8-21(20)18-22/h5-11,13,18,23H,4,12,14-17,19H2,1-3H3/t23-/m1/s1. The molecule has 1 fully saturated rings. The molecule has 5 heteroatoms.